The molecule has 0 fully saturated rings. The van der Waals surface area contributed by atoms with Gasteiger partial charge in [-0.2, -0.15) is 0 Å². The van der Waals surface area contributed by atoms with E-state index in [-0.39, 0.29) is 0 Å². The summed E-state index contributed by atoms with van der Waals surface area (Å²) in [5.74, 6) is 4.93. The largest absolute Gasteiger partial charge is 0.305 e. The van der Waals surface area contributed by atoms with Gasteiger partial charge in [0.25, 0.3) is 0 Å². The highest BCUT2D eigenvalue weighted by atomic mass is 16.6. The van der Waals surface area contributed by atoms with Gasteiger partial charge < -0.3 is 4.84 Å². The Balaban J connectivity index is 2.56. The normalized spacial score (nSPS) is 10.4. The molecular formula is C10H16N2O. The third kappa shape index (κ3) is 3.53. The molecular weight excluding hydrogens is 164 g/mol. The molecule has 0 bridgehead atoms. The van der Waals surface area contributed by atoms with Crippen LogP contribution in [0.5, 0.6) is 0 Å². The van der Waals surface area contributed by atoms with E-state index < -0.39 is 0 Å². The summed E-state index contributed by atoms with van der Waals surface area (Å²) in [5, 5.41) is 0. The van der Waals surface area contributed by atoms with Crippen LogP contribution >= 0.6 is 0 Å². The summed E-state index contributed by atoms with van der Waals surface area (Å²) in [6, 6.07) is 4.17. The summed E-state index contributed by atoms with van der Waals surface area (Å²) in [7, 11) is 0. The van der Waals surface area contributed by atoms with Crippen LogP contribution < -0.4 is 5.90 Å². The molecule has 3 nitrogen and oxygen atoms in total. The van der Waals surface area contributed by atoms with E-state index in [0.717, 1.165) is 24.2 Å². The van der Waals surface area contributed by atoms with Crippen LogP contribution in [-0.4, -0.2) is 11.6 Å². The minimum Gasteiger partial charge on any atom is -0.305 e. The van der Waals surface area contributed by atoms with Crippen molar-refractivity contribution in [3.8, 4) is 0 Å². The van der Waals surface area contributed by atoms with Gasteiger partial charge in [-0.25, -0.2) is 5.90 Å². The van der Waals surface area contributed by atoms with E-state index in [1.54, 1.807) is 0 Å². The van der Waals surface area contributed by atoms with Gasteiger partial charge in [-0.1, -0.05) is 0 Å². The number of aryl methyl sites for hydroxylation is 3. The predicted molar refractivity (Wildman–Crippen MR) is 52.2 cm³/mol. The monoisotopic (exact) mass is 180 g/mol. The van der Waals surface area contributed by atoms with Crippen molar-refractivity contribution in [2.24, 2.45) is 5.90 Å². The van der Waals surface area contributed by atoms with Crippen LogP contribution in [0.2, 0.25) is 0 Å². The molecule has 0 aromatic carbocycles. The molecule has 0 spiro atoms. The highest BCUT2D eigenvalue weighted by molar-refractivity contribution is 5.19. The SMILES string of the molecule is Cc1cc(C)nc(CCCON)c1. The summed E-state index contributed by atoms with van der Waals surface area (Å²) in [6.45, 7) is 4.68. The highest BCUT2D eigenvalue weighted by Crippen LogP contribution is 2.06. The summed E-state index contributed by atoms with van der Waals surface area (Å²) in [6.07, 6.45) is 1.85. The molecule has 1 aromatic rings. The van der Waals surface area contributed by atoms with Crippen molar-refractivity contribution in [3.05, 3.63) is 29.1 Å². The second kappa shape index (κ2) is 4.94. The number of nitrogens with zero attached hydrogens (tertiary/aromatic N) is 1. The average Bonchev–Trinajstić information content (AvgIpc) is 2.03. The van der Waals surface area contributed by atoms with Crippen LogP contribution in [0.4, 0.5) is 0 Å². The van der Waals surface area contributed by atoms with E-state index in [2.05, 4.69) is 28.9 Å². The molecule has 1 rings (SSSR count). The Morgan fingerprint density at radius 3 is 2.77 bits per heavy atom. The van der Waals surface area contributed by atoms with Gasteiger partial charge >= 0.3 is 0 Å². The van der Waals surface area contributed by atoms with Crippen molar-refractivity contribution >= 4 is 0 Å². The van der Waals surface area contributed by atoms with Crippen molar-refractivity contribution in [1.82, 2.24) is 4.98 Å². The zero-order valence-electron chi connectivity index (χ0n) is 8.21. The first-order chi connectivity index (χ1) is 6.22. The lowest BCUT2D eigenvalue weighted by Gasteiger charge is -2.03. The maximum absolute atomic E-state index is 4.93. The second-order valence-electron chi connectivity index (χ2n) is 3.25. The van der Waals surface area contributed by atoms with Gasteiger partial charge in [-0.3, -0.25) is 4.98 Å². The first-order valence-corrected chi connectivity index (χ1v) is 4.48. The standard InChI is InChI=1S/C10H16N2O/c1-8-6-9(2)12-10(7-8)4-3-5-13-11/h6-7H,3-5,11H2,1-2H3. The van der Waals surface area contributed by atoms with E-state index in [1.807, 2.05) is 6.92 Å². The number of pyridine rings is 1. The summed E-state index contributed by atoms with van der Waals surface area (Å²) < 4.78 is 0. The summed E-state index contributed by atoms with van der Waals surface area (Å²) in [5.41, 5.74) is 3.45. The van der Waals surface area contributed by atoms with Crippen molar-refractivity contribution in [1.29, 1.82) is 0 Å². The Labute approximate surface area is 78.9 Å². The number of rotatable bonds is 4. The molecule has 0 saturated carbocycles. The van der Waals surface area contributed by atoms with Gasteiger partial charge in [0, 0.05) is 11.4 Å². The molecule has 0 saturated heterocycles. The van der Waals surface area contributed by atoms with E-state index in [4.69, 9.17) is 5.90 Å². The lowest BCUT2D eigenvalue weighted by molar-refractivity contribution is 0.135. The molecule has 0 unspecified atom stereocenters. The zero-order valence-corrected chi connectivity index (χ0v) is 8.21. The van der Waals surface area contributed by atoms with Gasteiger partial charge in [0.1, 0.15) is 0 Å². The first kappa shape index (κ1) is 10.2. The predicted octanol–water partition coefficient (Wildman–Crippen LogP) is 1.52. The molecule has 13 heavy (non-hydrogen) atoms. The Hall–Kier alpha value is -0.930. The van der Waals surface area contributed by atoms with Crippen molar-refractivity contribution in [2.45, 2.75) is 26.7 Å². The van der Waals surface area contributed by atoms with Gasteiger partial charge in [-0.15, -0.1) is 0 Å². The van der Waals surface area contributed by atoms with Gasteiger partial charge in [0.15, 0.2) is 0 Å². The van der Waals surface area contributed by atoms with Crippen LogP contribution in [-0.2, 0) is 11.3 Å². The number of hydrogen-bond acceptors (Lipinski definition) is 3. The van der Waals surface area contributed by atoms with Crippen LogP contribution in [0.1, 0.15) is 23.4 Å². The molecule has 3 heteroatoms. The quantitative estimate of drug-likeness (QED) is 0.564. The fraction of sp³-hybridized carbons (Fsp3) is 0.500. The lowest BCUT2D eigenvalue weighted by Crippen LogP contribution is -2.03. The Morgan fingerprint density at radius 2 is 2.15 bits per heavy atom. The van der Waals surface area contributed by atoms with Gasteiger partial charge in [0.2, 0.25) is 0 Å². The lowest BCUT2D eigenvalue weighted by atomic mass is 10.1. The number of aromatic nitrogens is 1. The first-order valence-electron chi connectivity index (χ1n) is 4.48. The van der Waals surface area contributed by atoms with E-state index >= 15 is 0 Å². The smallest absolute Gasteiger partial charge is 0.0683 e. The summed E-state index contributed by atoms with van der Waals surface area (Å²) >= 11 is 0. The van der Waals surface area contributed by atoms with E-state index in [1.165, 1.54) is 5.56 Å². The Kier molecular flexibility index (Phi) is 3.86. The van der Waals surface area contributed by atoms with Crippen molar-refractivity contribution < 1.29 is 4.84 Å². The molecule has 0 radical (unpaired) electrons. The Bertz CT molecular complexity index is 253. The molecule has 0 aliphatic carbocycles. The minimum absolute atomic E-state index is 0.592. The summed E-state index contributed by atoms with van der Waals surface area (Å²) in [4.78, 5) is 8.91. The molecule has 2 N–H and O–H groups in total. The molecule has 0 amide bonds. The van der Waals surface area contributed by atoms with E-state index in [9.17, 15) is 0 Å². The van der Waals surface area contributed by atoms with Crippen LogP contribution in [0.15, 0.2) is 12.1 Å². The van der Waals surface area contributed by atoms with Crippen molar-refractivity contribution in [3.63, 3.8) is 0 Å². The molecule has 0 aliphatic heterocycles. The maximum Gasteiger partial charge on any atom is 0.0683 e. The topological polar surface area (TPSA) is 48.1 Å². The van der Waals surface area contributed by atoms with E-state index in [0.29, 0.717) is 6.61 Å². The van der Waals surface area contributed by atoms with Crippen molar-refractivity contribution in [2.75, 3.05) is 6.61 Å². The third-order valence-corrected chi connectivity index (χ3v) is 1.85. The zero-order chi connectivity index (χ0) is 9.68. The van der Waals surface area contributed by atoms with Crippen LogP contribution in [0.3, 0.4) is 0 Å². The number of hydrogen-bond donors (Lipinski definition) is 1. The minimum atomic E-state index is 0.592. The van der Waals surface area contributed by atoms with Gasteiger partial charge in [0.05, 0.1) is 6.61 Å². The fourth-order valence-corrected chi connectivity index (χ4v) is 1.39. The number of nitrogens with two attached hydrogens (primary N) is 1. The molecule has 1 aromatic heterocycles. The van der Waals surface area contributed by atoms with Crippen LogP contribution in [0.25, 0.3) is 0 Å². The molecule has 0 aliphatic rings. The molecule has 72 valence electrons. The maximum atomic E-state index is 4.93. The highest BCUT2D eigenvalue weighted by Gasteiger charge is 1.97. The second-order valence-corrected chi connectivity index (χ2v) is 3.25. The third-order valence-electron chi connectivity index (χ3n) is 1.85. The molecule has 0 atom stereocenters. The van der Waals surface area contributed by atoms with Gasteiger partial charge in [-0.05, 0) is 44.4 Å². The Morgan fingerprint density at radius 1 is 1.38 bits per heavy atom. The average molecular weight is 180 g/mol. The molecule has 1 heterocycles. The fourth-order valence-electron chi connectivity index (χ4n) is 1.39. The van der Waals surface area contributed by atoms with Crippen LogP contribution in [0, 0.1) is 13.8 Å².